The van der Waals surface area contributed by atoms with Gasteiger partial charge in [0.2, 0.25) is 0 Å². The summed E-state index contributed by atoms with van der Waals surface area (Å²) in [4.78, 5) is 4.07. The van der Waals surface area contributed by atoms with Crippen LogP contribution in [0.4, 0.5) is 8.78 Å². The van der Waals surface area contributed by atoms with Crippen molar-refractivity contribution in [3.8, 4) is 0 Å². The average molecular weight is 269 g/mol. The predicted molar refractivity (Wildman–Crippen MR) is 66.4 cm³/mol. The Morgan fingerprint density at radius 1 is 1.22 bits per heavy atom. The lowest BCUT2D eigenvalue weighted by Gasteiger charge is -2.14. The van der Waals surface area contributed by atoms with E-state index < -0.39 is 17.7 Å². The van der Waals surface area contributed by atoms with E-state index in [1.165, 1.54) is 0 Å². The molecule has 1 aromatic heterocycles. The Morgan fingerprint density at radius 2 is 1.94 bits per heavy atom. The van der Waals surface area contributed by atoms with Crippen LogP contribution in [0.15, 0.2) is 30.5 Å². The molecule has 5 heteroatoms. The van der Waals surface area contributed by atoms with Gasteiger partial charge in [-0.15, -0.1) is 0 Å². The lowest BCUT2D eigenvalue weighted by molar-refractivity contribution is 0.577. The van der Waals surface area contributed by atoms with Gasteiger partial charge in [-0.1, -0.05) is 17.7 Å². The summed E-state index contributed by atoms with van der Waals surface area (Å²) in [5.74, 6) is -1.32. The smallest absolute Gasteiger partial charge is 0.142 e. The molecular formula is C13H11ClF2N2. The van der Waals surface area contributed by atoms with Crippen molar-refractivity contribution in [1.29, 1.82) is 0 Å². The molecule has 94 valence electrons. The number of halogens is 3. The van der Waals surface area contributed by atoms with E-state index in [1.807, 2.05) is 6.92 Å². The molecule has 1 atom stereocenters. The van der Waals surface area contributed by atoms with Crippen LogP contribution in [-0.4, -0.2) is 4.98 Å². The summed E-state index contributed by atoms with van der Waals surface area (Å²) in [6.45, 7) is 1.83. The van der Waals surface area contributed by atoms with Crippen LogP contribution in [0.5, 0.6) is 0 Å². The number of rotatable bonds is 2. The fourth-order valence-corrected chi connectivity index (χ4v) is 1.77. The molecule has 2 rings (SSSR count). The molecule has 0 saturated heterocycles. The van der Waals surface area contributed by atoms with Gasteiger partial charge in [-0.05, 0) is 30.7 Å². The van der Waals surface area contributed by atoms with Crippen molar-refractivity contribution in [2.45, 2.75) is 13.0 Å². The van der Waals surface area contributed by atoms with Gasteiger partial charge in [-0.2, -0.15) is 0 Å². The highest BCUT2D eigenvalue weighted by Gasteiger charge is 2.16. The standard InChI is InChI=1S/C13H11ClF2N2/c1-7-2-3-8(6-18-7)13(17)9-4-12(16)10(14)5-11(9)15/h2-6,13H,17H2,1H3. The molecule has 1 aromatic carbocycles. The van der Waals surface area contributed by atoms with Crippen LogP contribution in [0.2, 0.25) is 5.02 Å². The average Bonchev–Trinajstić information content (AvgIpc) is 2.34. The highest BCUT2D eigenvalue weighted by molar-refractivity contribution is 6.30. The molecule has 1 unspecified atom stereocenters. The summed E-state index contributed by atoms with van der Waals surface area (Å²) in [6, 6.07) is 4.67. The van der Waals surface area contributed by atoms with Crippen molar-refractivity contribution in [3.05, 3.63) is 63.9 Å². The first-order valence-corrected chi connectivity index (χ1v) is 5.69. The molecule has 0 bridgehead atoms. The number of hydrogen-bond donors (Lipinski definition) is 1. The van der Waals surface area contributed by atoms with E-state index in [4.69, 9.17) is 17.3 Å². The molecule has 0 spiro atoms. The van der Waals surface area contributed by atoms with Gasteiger partial charge >= 0.3 is 0 Å². The summed E-state index contributed by atoms with van der Waals surface area (Å²) >= 11 is 5.49. The van der Waals surface area contributed by atoms with E-state index in [9.17, 15) is 8.78 Å². The number of nitrogens with two attached hydrogens (primary N) is 1. The van der Waals surface area contributed by atoms with Crippen LogP contribution < -0.4 is 5.73 Å². The number of benzene rings is 1. The van der Waals surface area contributed by atoms with Crippen molar-refractivity contribution < 1.29 is 8.78 Å². The third-order valence-electron chi connectivity index (χ3n) is 2.67. The molecule has 0 aliphatic rings. The lowest BCUT2D eigenvalue weighted by Crippen LogP contribution is -2.14. The quantitative estimate of drug-likeness (QED) is 0.848. The molecular weight excluding hydrogens is 258 g/mol. The minimum absolute atomic E-state index is 0.0579. The zero-order valence-corrected chi connectivity index (χ0v) is 10.4. The van der Waals surface area contributed by atoms with Crippen LogP contribution in [-0.2, 0) is 0 Å². The summed E-state index contributed by atoms with van der Waals surface area (Å²) in [7, 11) is 0. The zero-order valence-electron chi connectivity index (χ0n) is 9.62. The van der Waals surface area contributed by atoms with Crippen LogP contribution in [0.25, 0.3) is 0 Å². The third kappa shape index (κ3) is 2.49. The topological polar surface area (TPSA) is 38.9 Å². The number of aromatic nitrogens is 1. The van der Waals surface area contributed by atoms with Gasteiger partial charge in [0.1, 0.15) is 11.6 Å². The largest absolute Gasteiger partial charge is 0.320 e. The summed E-state index contributed by atoms with van der Waals surface area (Å²) in [6.07, 6.45) is 1.55. The summed E-state index contributed by atoms with van der Waals surface area (Å²) in [5.41, 5.74) is 7.39. The van der Waals surface area contributed by atoms with Gasteiger partial charge in [-0.25, -0.2) is 8.78 Å². The van der Waals surface area contributed by atoms with Gasteiger partial charge in [0.05, 0.1) is 11.1 Å². The first-order valence-electron chi connectivity index (χ1n) is 5.31. The van der Waals surface area contributed by atoms with Crippen molar-refractivity contribution >= 4 is 11.6 Å². The fourth-order valence-electron chi connectivity index (χ4n) is 1.62. The molecule has 18 heavy (non-hydrogen) atoms. The maximum absolute atomic E-state index is 13.7. The van der Waals surface area contributed by atoms with E-state index in [-0.39, 0.29) is 10.6 Å². The third-order valence-corrected chi connectivity index (χ3v) is 2.96. The van der Waals surface area contributed by atoms with Crippen molar-refractivity contribution in [3.63, 3.8) is 0 Å². The van der Waals surface area contributed by atoms with Crippen LogP contribution >= 0.6 is 11.6 Å². The Hall–Kier alpha value is -1.52. The SMILES string of the molecule is Cc1ccc(C(N)c2cc(F)c(Cl)cc2F)cn1. The minimum atomic E-state index is -0.773. The zero-order chi connectivity index (χ0) is 13.3. The lowest BCUT2D eigenvalue weighted by atomic mass is 10.0. The number of hydrogen-bond acceptors (Lipinski definition) is 2. The second kappa shape index (κ2) is 5.00. The highest BCUT2D eigenvalue weighted by Crippen LogP contribution is 2.26. The molecule has 0 saturated carbocycles. The molecule has 2 aromatic rings. The van der Waals surface area contributed by atoms with E-state index in [2.05, 4.69) is 4.98 Å². The first kappa shape index (κ1) is 12.9. The normalized spacial score (nSPS) is 12.5. The van der Waals surface area contributed by atoms with E-state index in [0.717, 1.165) is 17.8 Å². The maximum atomic E-state index is 13.7. The van der Waals surface area contributed by atoms with Crippen molar-refractivity contribution in [2.75, 3.05) is 0 Å². The van der Waals surface area contributed by atoms with Crippen molar-refractivity contribution in [2.24, 2.45) is 5.73 Å². The van der Waals surface area contributed by atoms with Crippen LogP contribution in [0.3, 0.4) is 0 Å². The van der Waals surface area contributed by atoms with E-state index in [1.54, 1.807) is 18.3 Å². The van der Waals surface area contributed by atoms with Gasteiger partial charge in [-0.3, -0.25) is 4.98 Å². The Labute approximate surface area is 108 Å². The second-order valence-electron chi connectivity index (χ2n) is 4.00. The summed E-state index contributed by atoms with van der Waals surface area (Å²) in [5, 5.41) is -0.259. The Morgan fingerprint density at radius 3 is 2.56 bits per heavy atom. The fraction of sp³-hybridized carbons (Fsp3) is 0.154. The van der Waals surface area contributed by atoms with Gasteiger partial charge in [0, 0.05) is 17.5 Å². The molecule has 1 heterocycles. The van der Waals surface area contributed by atoms with Gasteiger partial charge < -0.3 is 5.73 Å². The van der Waals surface area contributed by atoms with Gasteiger partial charge in [0.15, 0.2) is 0 Å². The van der Waals surface area contributed by atoms with E-state index in [0.29, 0.717) is 5.56 Å². The molecule has 0 radical (unpaired) electrons. The van der Waals surface area contributed by atoms with Crippen LogP contribution in [0.1, 0.15) is 22.9 Å². The predicted octanol–water partition coefficient (Wildman–Crippen LogP) is 3.37. The first-order chi connectivity index (χ1) is 8.49. The molecule has 0 amide bonds. The molecule has 0 fully saturated rings. The van der Waals surface area contributed by atoms with Crippen LogP contribution in [0, 0.1) is 18.6 Å². The highest BCUT2D eigenvalue weighted by atomic mass is 35.5. The maximum Gasteiger partial charge on any atom is 0.142 e. The monoisotopic (exact) mass is 268 g/mol. The second-order valence-corrected chi connectivity index (χ2v) is 4.41. The number of pyridine rings is 1. The van der Waals surface area contributed by atoms with Gasteiger partial charge in [0.25, 0.3) is 0 Å². The molecule has 2 N–H and O–H groups in total. The Bertz CT molecular complexity index is 570. The molecule has 0 aliphatic heterocycles. The minimum Gasteiger partial charge on any atom is -0.320 e. The van der Waals surface area contributed by atoms with Crippen molar-refractivity contribution in [1.82, 2.24) is 4.98 Å². The Balaban J connectivity index is 2.42. The van der Waals surface area contributed by atoms with E-state index >= 15 is 0 Å². The molecule has 2 nitrogen and oxygen atoms in total. The summed E-state index contributed by atoms with van der Waals surface area (Å²) < 4.78 is 27.0. The number of aryl methyl sites for hydroxylation is 1. The number of nitrogens with zero attached hydrogens (tertiary/aromatic N) is 1. The Kier molecular flexibility index (Phi) is 3.59. The molecule has 0 aliphatic carbocycles.